The average molecular weight is 370 g/mol. The van der Waals surface area contributed by atoms with Crippen LogP contribution in [-0.4, -0.2) is 63.4 Å². The van der Waals surface area contributed by atoms with Gasteiger partial charge in [-0.25, -0.2) is 0 Å². The van der Waals surface area contributed by atoms with E-state index in [0.717, 1.165) is 12.1 Å². The Labute approximate surface area is 159 Å². The van der Waals surface area contributed by atoms with E-state index in [-0.39, 0.29) is 17.9 Å². The van der Waals surface area contributed by atoms with E-state index in [9.17, 15) is 9.59 Å². The van der Waals surface area contributed by atoms with E-state index in [2.05, 4.69) is 23.8 Å². The molecule has 0 aliphatic carbocycles. The minimum absolute atomic E-state index is 0.0498. The molecular weight excluding hydrogens is 344 g/mol. The highest BCUT2D eigenvalue weighted by Gasteiger charge is 2.66. The second-order valence-corrected chi connectivity index (χ2v) is 8.23. The van der Waals surface area contributed by atoms with Crippen molar-refractivity contribution in [1.29, 1.82) is 0 Å². The lowest BCUT2D eigenvalue weighted by Gasteiger charge is -2.27. The summed E-state index contributed by atoms with van der Waals surface area (Å²) >= 11 is 0. The summed E-state index contributed by atoms with van der Waals surface area (Å²) in [5.74, 6) is -0.376. The number of aromatic nitrogens is 2. The number of hydrogen-bond acceptors (Lipinski definition) is 5. The summed E-state index contributed by atoms with van der Waals surface area (Å²) in [5.41, 5.74) is 0.0888. The molecule has 1 aromatic rings. The zero-order chi connectivity index (χ0) is 19.2. The Hall–Kier alpha value is -2.28. The van der Waals surface area contributed by atoms with E-state index < -0.39 is 17.4 Å². The first-order chi connectivity index (χ1) is 12.9. The van der Waals surface area contributed by atoms with Gasteiger partial charge in [0.05, 0.1) is 42.9 Å². The van der Waals surface area contributed by atoms with E-state index in [1.807, 2.05) is 17.1 Å². The summed E-state index contributed by atoms with van der Waals surface area (Å²) in [6, 6.07) is 0. The third-order valence-electron chi connectivity index (χ3n) is 5.83. The number of amides is 2. The number of fused-ring (bicyclic) bond motifs is 1. The Morgan fingerprint density at radius 2 is 2.26 bits per heavy atom. The Kier molecular flexibility index (Phi) is 4.50. The highest BCUT2D eigenvalue weighted by Crippen LogP contribution is 2.52. The van der Waals surface area contributed by atoms with Gasteiger partial charge in [0.2, 0.25) is 11.8 Å². The minimum Gasteiger partial charge on any atom is -0.360 e. The topological polar surface area (TPSA) is 75.6 Å². The average Bonchev–Trinajstić information content (AvgIpc) is 3.28. The maximum atomic E-state index is 13.2. The predicted octanol–water partition coefficient (Wildman–Crippen LogP) is 1.26. The summed E-state index contributed by atoms with van der Waals surface area (Å²) in [5, 5.41) is 0. The molecule has 0 N–H and O–H groups in total. The van der Waals surface area contributed by atoms with Crippen LogP contribution in [0.4, 0.5) is 0 Å². The van der Waals surface area contributed by atoms with Crippen molar-refractivity contribution in [3.8, 4) is 0 Å². The molecule has 4 heterocycles. The molecule has 27 heavy (non-hydrogen) atoms. The quantitative estimate of drug-likeness (QED) is 0.705. The Bertz CT molecular complexity index is 766. The van der Waals surface area contributed by atoms with Crippen LogP contribution in [-0.2, 0) is 20.9 Å². The second kappa shape index (κ2) is 6.71. The first-order valence-corrected chi connectivity index (χ1v) is 9.57. The summed E-state index contributed by atoms with van der Waals surface area (Å²) in [7, 11) is 1.75. The van der Waals surface area contributed by atoms with Crippen molar-refractivity contribution in [2.24, 2.45) is 17.8 Å². The second-order valence-electron chi connectivity index (χ2n) is 8.23. The van der Waals surface area contributed by atoms with Crippen LogP contribution < -0.4 is 0 Å². The highest BCUT2D eigenvalue weighted by molar-refractivity contribution is 5.92. The van der Waals surface area contributed by atoms with Gasteiger partial charge in [-0.2, -0.15) is 0 Å². The highest BCUT2D eigenvalue weighted by atomic mass is 16.5. The number of hydrogen-bond donors (Lipinski definition) is 0. The van der Waals surface area contributed by atoms with Crippen molar-refractivity contribution in [2.75, 3.05) is 20.1 Å². The Balaban J connectivity index is 1.51. The molecule has 4 rings (SSSR count). The number of nitrogens with zero attached hydrogens (tertiary/aromatic N) is 4. The van der Waals surface area contributed by atoms with Gasteiger partial charge >= 0.3 is 0 Å². The van der Waals surface area contributed by atoms with Crippen LogP contribution in [0.15, 0.2) is 30.7 Å². The van der Waals surface area contributed by atoms with Gasteiger partial charge in [0.15, 0.2) is 0 Å². The van der Waals surface area contributed by atoms with Crippen LogP contribution in [0.5, 0.6) is 0 Å². The van der Waals surface area contributed by atoms with Crippen LogP contribution >= 0.6 is 0 Å². The summed E-state index contributed by atoms with van der Waals surface area (Å²) in [4.78, 5) is 38.1. The summed E-state index contributed by atoms with van der Waals surface area (Å²) < 4.78 is 6.18. The molecule has 2 bridgehead atoms. The van der Waals surface area contributed by atoms with Crippen molar-refractivity contribution >= 4 is 11.8 Å². The number of likely N-dealkylation sites (tertiary alicyclic amines) is 1. The number of ether oxygens (including phenoxy) is 1. The molecule has 1 spiro atoms. The SMILES string of the molecule is CC(C)CCN1C[C@]23C=C[C@H](O2)[C@H](C(=O)N(C)Cc2cnccn2)[C@@H]3C1=O. The molecule has 7 heteroatoms. The molecule has 0 saturated carbocycles. The van der Waals surface area contributed by atoms with Gasteiger partial charge < -0.3 is 14.5 Å². The zero-order valence-electron chi connectivity index (χ0n) is 16.0. The lowest BCUT2D eigenvalue weighted by Crippen LogP contribution is -2.44. The fourth-order valence-electron chi connectivity index (χ4n) is 4.45. The van der Waals surface area contributed by atoms with Crippen molar-refractivity contribution in [3.05, 3.63) is 36.4 Å². The van der Waals surface area contributed by atoms with Gasteiger partial charge in [0, 0.05) is 26.0 Å². The normalized spacial score (nSPS) is 31.0. The first kappa shape index (κ1) is 18.1. The molecule has 0 aromatic carbocycles. The van der Waals surface area contributed by atoms with Gasteiger partial charge in [-0.05, 0) is 12.3 Å². The van der Waals surface area contributed by atoms with Crippen LogP contribution in [0.1, 0.15) is 26.0 Å². The molecule has 3 aliphatic rings. The molecule has 0 radical (unpaired) electrons. The molecule has 2 fully saturated rings. The van der Waals surface area contributed by atoms with Gasteiger partial charge in [-0.1, -0.05) is 26.0 Å². The standard InChI is InChI=1S/C20H26N4O3/c1-13(2)5-9-24-12-20-6-4-15(27-20)16(17(20)19(24)26)18(25)23(3)11-14-10-21-7-8-22-14/h4,6-8,10,13,15-17H,5,9,11-12H2,1-3H3/t15-,16-,17+,20-/m0/s1. The van der Waals surface area contributed by atoms with Crippen molar-refractivity contribution < 1.29 is 14.3 Å². The van der Waals surface area contributed by atoms with Gasteiger partial charge in [-0.15, -0.1) is 0 Å². The van der Waals surface area contributed by atoms with E-state index >= 15 is 0 Å². The zero-order valence-corrected chi connectivity index (χ0v) is 16.0. The van der Waals surface area contributed by atoms with E-state index in [0.29, 0.717) is 25.6 Å². The fourth-order valence-corrected chi connectivity index (χ4v) is 4.45. The third-order valence-corrected chi connectivity index (χ3v) is 5.83. The monoisotopic (exact) mass is 370 g/mol. The number of rotatable bonds is 6. The largest absolute Gasteiger partial charge is 0.360 e. The van der Waals surface area contributed by atoms with Crippen LogP contribution in [0, 0.1) is 17.8 Å². The van der Waals surface area contributed by atoms with Crippen molar-refractivity contribution in [1.82, 2.24) is 19.8 Å². The minimum atomic E-state index is -0.632. The molecule has 4 atom stereocenters. The van der Waals surface area contributed by atoms with E-state index in [1.54, 1.807) is 30.5 Å². The molecular formula is C20H26N4O3. The van der Waals surface area contributed by atoms with Crippen molar-refractivity contribution in [2.45, 2.75) is 38.5 Å². The molecule has 3 aliphatic heterocycles. The fraction of sp³-hybridized carbons (Fsp3) is 0.600. The Morgan fingerprint density at radius 1 is 1.44 bits per heavy atom. The van der Waals surface area contributed by atoms with E-state index in [4.69, 9.17) is 4.74 Å². The third kappa shape index (κ3) is 3.04. The lowest BCUT2D eigenvalue weighted by atomic mass is 9.76. The first-order valence-electron chi connectivity index (χ1n) is 9.57. The molecule has 0 unspecified atom stereocenters. The molecule has 1 aromatic heterocycles. The lowest BCUT2D eigenvalue weighted by molar-refractivity contribution is -0.142. The van der Waals surface area contributed by atoms with Gasteiger partial charge in [-0.3, -0.25) is 19.6 Å². The number of carbonyl (C=O) groups excluding carboxylic acids is 2. The van der Waals surface area contributed by atoms with Crippen LogP contribution in [0.2, 0.25) is 0 Å². The van der Waals surface area contributed by atoms with Crippen LogP contribution in [0.25, 0.3) is 0 Å². The Morgan fingerprint density at radius 3 is 2.96 bits per heavy atom. The van der Waals surface area contributed by atoms with Gasteiger partial charge in [0.1, 0.15) is 5.60 Å². The molecule has 7 nitrogen and oxygen atoms in total. The van der Waals surface area contributed by atoms with E-state index in [1.165, 1.54) is 0 Å². The maximum Gasteiger partial charge on any atom is 0.230 e. The maximum absolute atomic E-state index is 13.2. The van der Waals surface area contributed by atoms with Gasteiger partial charge in [0.25, 0.3) is 0 Å². The molecule has 144 valence electrons. The van der Waals surface area contributed by atoms with Crippen molar-refractivity contribution in [3.63, 3.8) is 0 Å². The van der Waals surface area contributed by atoms with Crippen LogP contribution in [0.3, 0.4) is 0 Å². The molecule has 2 saturated heterocycles. The summed E-state index contributed by atoms with van der Waals surface area (Å²) in [6.07, 6.45) is 9.45. The number of carbonyl (C=O) groups is 2. The molecule has 2 amide bonds. The smallest absolute Gasteiger partial charge is 0.230 e. The predicted molar refractivity (Wildman–Crippen MR) is 98.3 cm³/mol. The summed E-state index contributed by atoms with van der Waals surface area (Å²) in [6.45, 7) is 5.93.